The number of carboxylic acid groups (broad SMARTS) is 1. The molecule has 0 fully saturated rings. The van der Waals surface area contributed by atoms with Crippen LogP contribution in [0.1, 0.15) is 57.1 Å². The molecule has 0 saturated heterocycles. The third kappa shape index (κ3) is 6.85. The number of aryl methyl sites for hydroxylation is 3. The maximum Gasteiger partial charge on any atom is 0.411 e. The number of aromatic nitrogens is 2. The number of furan rings is 1. The van der Waals surface area contributed by atoms with E-state index < -0.39 is 18.0 Å². The largest absolute Gasteiger partial charge is 0.475 e. The number of hydrogen-bond acceptors (Lipinski definition) is 6. The minimum absolute atomic E-state index is 0.145. The van der Waals surface area contributed by atoms with Crippen molar-refractivity contribution in [1.82, 2.24) is 9.13 Å². The van der Waals surface area contributed by atoms with Gasteiger partial charge in [-0.15, -0.1) is 0 Å². The van der Waals surface area contributed by atoms with Gasteiger partial charge in [0.2, 0.25) is 5.76 Å². The zero-order valence-corrected chi connectivity index (χ0v) is 23.1. The first-order valence-electron chi connectivity index (χ1n) is 12.9. The molecule has 3 heterocycles. The smallest absolute Gasteiger partial charge is 0.411 e. The molecule has 0 radical (unpaired) electrons. The van der Waals surface area contributed by atoms with Gasteiger partial charge in [0.1, 0.15) is 17.1 Å². The van der Waals surface area contributed by atoms with Crippen molar-refractivity contribution in [2.45, 2.75) is 26.7 Å². The Hall–Kier alpha value is -5.26. The summed E-state index contributed by atoms with van der Waals surface area (Å²) in [6.07, 6.45) is 4.30. The first-order valence-corrected chi connectivity index (χ1v) is 12.9. The number of aromatic carboxylic acids is 1. The summed E-state index contributed by atoms with van der Waals surface area (Å²) in [7, 11) is 3.36. The van der Waals surface area contributed by atoms with Gasteiger partial charge in [-0.05, 0) is 49.2 Å². The summed E-state index contributed by atoms with van der Waals surface area (Å²) in [5.41, 5.74) is 3.37. The van der Waals surface area contributed by atoms with E-state index in [0.29, 0.717) is 46.4 Å². The Morgan fingerprint density at radius 1 is 0.854 bits per heavy atom. The molecule has 0 atom stereocenters. The number of hydrogen-bond donors (Lipinski definition) is 4. The minimum Gasteiger partial charge on any atom is -0.475 e. The van der Waals surface area contributed by atoms with Crippen molar-refractivity contribution >= 4 is 40.9 Å². The van der Waals surface area contributed by atoms with Gasteiger partial charge in [-0.1, -0.05) is 25.5 Å². The first kappa shape index (κ1) is 28.7. The van der Waals surface area contributed by atoms with Crippen LogP contribution in [-0.4, -0.2) is 44.7 Å². The highest BCUT2D eigenvalue weighted by Crippen LogP contribution is 2.28. The van der Waals surface area contributed by atoms with E-state index in [1.54, 1.807) is 72.9 Å². The number of carbonyl (C=O) groups is 4. The molecule has 0 unspecified atom stereocenters. The molecule has 12 nitrogen and oxygen atoms in total. The van der Waals surface area contributed by atoms with Crippen LogP contribution >= 0.6 is 0 Å². The van der Waals surface area contributed by atoms with Crippen LogP contribution in [0.5, 0.6) is 0 Å². The molecule has 4 rings (SSSR count). The highest BCUT2D eigenvalue weighted by atomic mass is 16.5. The van der Waals surface area contributed by atoms with E-state index in [0.717, 1.165) is 18.4 Å². The zero-order chi connectivity index (χ0) is 29.7. The van der Waals surface area contributed by atoms with Gasteiger partial charge in [-0.25, -0.2) is 9.59 Å². The molecule has 0 bridgehead atoms. The second kappa shape index (κ2) is 12.3. The number of nitrogens with zero attached hydrogens (tertiary/aromatic N) is 2. The normalized spacial score (nSPS) is 10.7. The Bertz CT molecular complexity index is 1590. The molecule has 1 aromatic carbocycles. The second-order valence-electron chi connectivity index (χ2n) is 9.44. The molecule has 4 aromatic rings. The molecule has 4 N–H and O–H groups in total. The predicted molar refractivity (Wildman–Crippen MR) is 152 cm³/mol. The van der Waals surface area contributed by atoms with Crippen LogP contribution in [0.3, 0.4) is 0 Å². The van der Waals surface area contributed by atoms with E-state index in [-0.39, 0.29) is 11.7 Å². The van der Waals surface area contributed by atoms with E-state index in [4.69, 9.17) is 14.3 Å². The SMILES string of the molecule is CCCCOC(=O)Nc1cc(C(=O)Nc2cc(C(=O)Nc3ccc(-c4cc(C(=O)O)oc4C)cc3)n(C)c2)n(C)c1. The van der Waals surface area contributed by atoms with E-state index in [1.807, 2.05) is 6.92 Å². The molecule has 12 heteroatoms. The summed E-state index contributed by atoms with van der Waals surface area (Å²) in [5, 5.41) is 17.3. The van der Waals surface area contributed by atoms with Gasteiger partial charge in [-0.3, -0.25) is 14.9 Å². The van der Waals surface area contributed by atoms with Gasteiger partial charge in [0.25, 0.3) is 11.8 Å². The molecular formula is C29H31N5O7. The Morgan fingerprint density at radius 3 is 1.95 bits per heavy atom. The van der Waals surface area contributed by atoms with Crippen molar-refractivity contribution in [2.75, 3.05) is 22.6 Å². The van der Waals surface area contributed by atoms with Crippen molar-refractivity contribution in [1.29, 1.82) is 0 Å². The van der Waals surface area contributed by atoms with Crippen molar-refractivity contribution in [3.63, 3.8) is 0 Å². The Labute approximate surface area is 235 Å². The van der Waals surface area contributed by atoms with Crippen molar-refractivity contribution in [3.8, 4) is 11.1 Å². The molecule has 214 valence electrons. The van der Waals surface area contributed by atoms with Crippen molar-refractivity contribution in [3.05, 3.63) is 77.8 Å². The number of carboxylic acids is 1. The highest BCUT2D eigenvalue weighted by Gasteiger charge is 2.18. The molecule has 3 amide bonds. The van der Waals surface area contributed by atoms with E-state index in [2.05, 4.69) is 16.0 Å². The number of unbranched alkanes of at least 4 members (excludes halogenated alkanes) is 1. The van der Waals surface area contributed by atoms with Crippen LogP contribution in [0.15, 0.2) is 59.3 Å². The lowest BCUT2D eigenvalue weighted by Gasteiger charge is -2.07. The third-order valence-corrected chi connectivity index (χ3v) is 6.29. The molecule has 3 aromatic heterocycles. The van der Waals surface area contributed by atoms with Gasteiger partial charge < -0.3 is 34.0 Å². The number of benzene rings is 1. The van der Waals surface area contributed by atoms with Gasteiger partial charge in [0, 0.05) is 37.7 Å². The van der Waals surface area contributed by atoms with Crippen LogP contribution in [0.4, 0.5) is 21.9 Å². The average Bonchev–Trinajstić information content (AvgIpc) is 3.60. The molecule has 0 saturated carbocycles. The molecular weight excluding hydrogens is 530 g/mol. The summed E-state index contributed by atoms with van der Waals surface area (Å²) < 4.78 is 13.5. The number of anilines is 3. The lowest BCUT2D eigenvalue weighted by molar-refractivity contribution is 0.0660. The Kier molecular flexibility index (Phi) is 8.61. The third-order valence-electron chi connectivity index (χ3n) is 6.29. The van der Waals surface area contributed by atoms with Gasteiger partial charge in [0.05, 0.1) is 18.0 Å². The monoisotopic (exact) mass is 561 g/mol. The lowest BCUT2D eigenvalue weighted by Crippen LogP contribution is -2.15. The van der Waals surface area contributed by atoms with Crippen molar-refractivity contribution in [2.24, 2.45) is 14.1 Å². The maximum absolute atomic E-state index is 13.0. The minimum atomic E-state index is -1.15. The van der Waals surface area contributed by atoms with E-state index >= 15 is 0 Å². The number of ether oxygens (including phenoxy) is 1. The molecule has 0 aliphatic rings. The summed E-state index contributed by atoms with van der Waals surface area (Å²) in [4.78, 5) is 49.0. The fourth-order valence-electron chi connectivity index (χ4n) is 4.18. The van der Waals surface area contributed by atoms with Crippen LogP contribution in [0.25, 0.3) is 11.1 Å². The highest BCUT2D eigenvalue weighted by molar-refractivity contribution is 6.07. The van der Waals surface area contributed by atoms with Crippen molar-refractivity contribution < 1.29 is 33.4 Å². The Morgan fingerprint density at radius 2 is 1.41 bits per heavy atom. The molecule has 0 spiro atoms. The quantitative estimate of drug-likeness (QED) is 0.187. The van der Waals surface area contributed by atoms with Gasteiger partial charge in [-0.2, -0.15) is 0 Å². The van der Waals surface area contributed by atoms with Crippen LogP contribution in [0, 0.1) is 6.92 Å². The average molecular weight is 562 g/mol. The van der Waals surface area contributed by atoms with E-state index in [1.165, 1.54) is 12.1 Å². The molecule has 0 aliphatic carbocycles. The first-order chi connectivity index (χ1) is 19.5. The Balaban J connectivity index is 1.38. The number of nitrogens with one attached hydrogen (secondary N) is 3. The number of rotatable bonds is 10. The summed E-state index contributed by atoms with van der Waals surface area (Å²) >= 11 is 0. The second-order valence-corrected chi connectivity index (χ2v) is 9.44. The van der Waals surface area contributed by atoms with Crippen LogP contribution in [0.2, 0.25) is 0 Å². The van der Waals surface area contributed by atoms with E-state index in [9.17, 15) is 19.2 Å². The van der Waals surface area contributed by atoms with Gasteiger partial charge in [0.15, 0.2) is 0 Å². The molecule has 0 aliphatic heterocycles. The standard InChI is InChI=1S/C29H31N5O7/c1-5-6-11-40-29(39)32-21-13-24(34(4)16-21)27(36)31-20-12-23(33(3)15-20)26(35)30-19-9-7-18(8-10-19)22-14-25(28(37)38)41-17(22)2/h7-10,12-16H,5-6,11H2,1-4H3,(H,30,35)(H,31,36)(H,32,39)(H,37,38). The van der Waals surface area contributed by atoms with Gasteiger partial charge >= 0.3 is 12.1 Å². The van der Waals surface area contributed by atoms with Crippen LogP contribution < -0.4 is 16.0 Å². The molecule has 41 heavy (non-hydrogen) atoms. The summed E-state index contributed by atoms with van der Waals surface area (Å²) in [6, 6.07) is 11.5. The summed E-state index contributed by atoms with van der Waals surface area (Å²) in [5.74, 6) is -1.63. The zero-order valence-electron chi connectivity index (χ0n) is 23.1. The predicted octanol–water partition coefficient (Wildman–Crippen LogP) is 5.48. The fourth-order valence-corrected chi connectivity index (χ4v) is 4.18. The fraction of sp³-hybridized carbons (Fsp3) is 0.241. The summed E-state index contributed by atoms with van der Waals surface area (Å²) in [6.45, 7) is 4.00. The lowest BCUT2D eigenvalue weighted by atomic mass is 10.1. The van der Waals surface area contributed by atoms with Crippen LogP contribution in [-0.2, 0) is 18.8 Å². The number of amides is 3. The topological polar surface area (TPSA) is 157 Å². The maximum atomic E-state index is 13.0. The number of carbonyl (C=O) groups excluding carboxylic acids is 3.